The highest BCUT2D eigenvalue weighted by molar-refractivity contribution is 5.72. The number of benzene rings is 1. The maximum Gasteiger partial charge on any atom is 0.309 e. The van der Waals surface area contributed by atoms with Gasteiger partial charge in [0, 0.05) is 11.5 Å². The van der Waals surface area contributed by atoms with Crippen LogP contribution in [-0.2, 0) is 16.0 Å². The fourth-order valence-electron chi connectivity index (χ4n) is 3.47. The molecule has 1 saturated heterocycles. The summed E-state index contributed by atoms with van der Waals surface area (Å²) in [6.45, 7) is 4.30. The van der Waals surface area contributed by atoms with E-state index in [0.717, 1.165) is 49.4 Å². The first-order valence-electron chi connectivity index (χ1n) is 8.91. The lowest BCUT2D eigenvalue weighted by Gasteiger charge is -2.27. The number of hydrogen-bond acceptors (Lipinski definition) is 6. The molecule has 0 saturated carbocycles. The highest BCUT2D eigenvalue weighted by Gasteiger charge is 2.28. The largest absolute Gasteiger partial charge is 0.469 e. The van der Waals surface area contributed by atoms with Gasteiger partial charge in [-0.15, -0.1) is 0 Å². The van der Waals surface area contributed by atoms with Crippen LogP contribution in [0.4, 0.5) is 0 Å². The number of nitrogens with one attached hydrogen (secondary N) is 1. The summed E-state index contributed by atoms with van der Waals surface area (Å²) in [7, 11) is 1.39. The molecule has 1 aliphatic rings. The van der Waals surface area contributed by atoms with E-state index in [4.69, 9.17) is 4.52 Å². The fraction of sp³-hybridized carbons (Fsp3) is 0.526. The number of hydrogen-bond donors (Lipinski definition) is 1. The normalized spacial score (nSPS) is 16.6. The van der Waals surface area contributed by atoms with E-state index in [9.17, 15) is 4.79 Å². The topological polar surface area (TPSA) is 77.2 Å². The highest BCUT2D eigenvalue weighted by atomic mass is 16.5. The van der Waals surface area contributed by atoms with Gasteiger partial charge in [0.25, 0.3) is 0 Å². The maximum atomic E-state index is 11.3. The molecule has 1 atom stereocenters. The average Bonchev–Trinajstić information content (AvgIpc) is 3.13. The Bertz CT molecular complexity index is 690. The van der Waals surface area contributed by atoms with Crippen LogP contribution in [0.3, 0.4) is 0 Å². The standard InChI is InChI=1S/C19H25N3O3/c1-3-16(14-8-10-20-11-9-14)19-21-18(22-25-19)15-6-4-13(5-7-15)12-17(23)24-2/h4-7,14,16,20H,3,8-12H2,1-2H3. The van der Waals surface area contributed by atoms with Crippen molar-refractivity contribution in [2.45, 2.75) is 38.5 Å². The van der Waals surface area contributed by atoms with Crippen molar-refractivity contribution >= 4 is 5.97 Å². The molecular formula is C19H25N3O3. The van der Waals surface area contributed by atoms with Crippen molar-refractivity contribution in [2.24, 2.45) is 5.92 Å². The lowest BCUT2D eigenvalue weighted by molar-refractivity contribution is -0.139. The number of ether oxygens (including phenoxy) is 1. The Hall–Kier alpha value is -2.21. The lowest BCUT2D eigenvalue weighted by Crippen LogP contribution is -2.30. The van der Waals surface area contributed by atoms with E-state index >= 15 is 0 Å². The van der Waals surface area contributed by atoms with Crippen LogP contribution in [0.15, 0.2) is 28.8 Å². The number of carbonyl (C=O) groups excluding carboxylic acids is 1. The Kier molecular flexibility index (Phi) is 5.81. The summed E-state index contributed by atoms with van der Waals surface area (Å²) in [5, 5.41) is 7.56. The summed E-state index contributed by atoms with van der Waals surface area (Å²) >= 11 is 0. The monoisotopic (exact) mass is 343 g/mol. The Morgan fingerprint density at radius 3 is 2.68 bits per heavy atom. The van der Waals surface area contributed by atoms with E-state index in [0.29, 0.717) is 17.7 Å². The molecule has 2 heterocycles. The van der Waals surface area contributed by atoms with Gasteiger partial charge in [0.05, 0.1) is 13.5 Å². The van der Waals surface area contributed by atoms with Gasteiger partial charge in [-0.2, -0.15) is 4.98 Å². The molecule has 6 nitrogen and oxygen atoms in total. The second-order valence-electron chi connectivity index (χ2n) is 6.51. The van der Waals surface area contributed by atoms with Crippen LogP contribution >= 0.6 is 0 Å². The van der Waals surface area contributed by atoms with Crippen LogP contribution in [0.5, 0.6) is 0 Å². The molecule has 0 radical (unpaired) electrons. The van der Waals surface area contributed by atoms with Gasteiger partial charge < -0.3 is 14.6 Å². The zero-order chi connectivity index (χ0) is 17.6. The molecule has 0 bridgehead atoms. The second-order valence-corrected chi connectivity index (χ2v) is 6.51. The van der Waals surface area contributed by atoms with Crippen molar-refractivity contribution in [1.82, 2.24) is 15.5 Å². The van der Waals surface area contributed by atoms with Gasteiger partial charge in [0.15, 0.2) is 0 Å². The van der Waals surface area contributed by atoms with Crippen molar-refractivity contribution in [3.8, 4) is 11.4 Å². The van der Waals surface area contributed by atoms with Crippen LogP contribution in [0.1, 0.15) is 43.6 Å². The third kappa shape index (κ3) is 4.25. The van der Waals surface area contributed by atoms with Crippen LogP contribution < -0.4 is 5.32 Å². The Labute approximate surface area is 148 Å². The van der Waals surface area contributed by atoms with Gasteiger partial charge in [0.1, 0.15) is 0 Å². The van der Waals surface area contributed by atoms with Gasteiger partial charge in [-0.1, -0.05) is 36.3 Å². The van der Waals surface area contributed by atoms with Gasteiger partial charge >= 0.3 is 5.97 Å². The van der Waals surface area contributed by atoms with Gasteiger partial charge in [-0.3, -0.25) is 4.79 Å². The van der Waals surface area contributed by atoms with Crippen molar-refractivity contribution in [2.75, 3.05) is 20.2 Å². The SMILES string of the molecule is CCC(c1nc(-c2ccc(CC(=O)OC)cc2)no1)C1CCNCC1. The molecule has 1 fully saturated rings. The molecule has 0 aliphatic carbocycles. The molecule has 134 valence electrons. The molecule has 0 amide bonds. The second kappa shape index (κ2) is 8.25. The molecular weight excluding hydrogens is 318 g/mol. The molecule has 3 rings (SSSR count). The van der Waals surface area contributed by atoms with Crippen molar-refractivity contribution in [3.05, 3.63) is 35.7 Å². The molecule has 6 heteroatoms. The third-order valence-electron chi connectivity index (χ3n) is 4.94. The minimum absolute atomic E-state index is 0.248. The Balaban J connectivity index is 1.72. The zero-order valence-corrected chi connectivity index (χ0v) is 14.8. The highest BCUT2D eigenvalue weighted by Crippen LogP contribution is 2.33. The van der Waals surface area contributed by atoms with E-state index in [1.807, 2.05) is 24.3 Å². The minimum Gasteiger partial charge on any atom is -0.469 e. The average molecular weight is 343 g/mol. The zero-order valence-electron chi connectivity index (χ0n) is 14.8. The van der Waals surface area contributed by atoms with E-state index < -0.39 is 0 Å². The third-order valence-corrected chi connectivity index (χ3v) is 4.94. The number of rotatable bonds is 6. The summed E-state index contributed by atoms with van der Waals surface area (Å²) in [6.07, 6.45) is 3.57. The number of carbonyl (C=O) groups is 1. The number of aromatic nitrogens is 2. The predicted octanol–water partition coefficient (Wildman–Crippen LogP) is 2.95. The van der Waals surface area contributed by atoms with Gasteiger partial charge in [0.2, 0.25) is 11.7 Å². The van der Waals surface area contributed by atoms with E-state index in [-0.39, 0.29) is 12.4 Å². The Morgan fingerprint density at radius 1 is 1.32 bits per heavy atom. The van der Waals surface area contributed by atoms with Crippen molar-refractivity contribution in [3.63, 3.8) is 0 Å². The first kappa shape index (κ1) is 17.6. The summed E-state index contributed by atoms with van der Waals surface area (Å²) in [4.78, 5) is 16.0. The molecule has 1 N–H and O–H groups in total. The fourth-order valence-corrected chi connectivity index (χ4v) is 3.47. The first-order valence-corrected chi connectivity index (χ1v) is 8.91. The molecule has 0 spiro atoms. The van der Waals surface area contributed by atoms with Crippen LogP contribution in [0.2, 0.25) is 0 Å². The van der Waals surface area contributed by atoms with Gasteiger partial charge in [-0.05, 0) is 43.8 Å². The number of esters is 1. The number of methoxy groups -OCH3 is 1. The van der Waals surface area contributed by atoms with Crippen molar-refractivity contribution in [1.29, 1.82) is 0 Å². The van der Waals surface area contributed by atoms with E-state index in [1.165, 1.54) is 7.11 Å². The predicted molar refractivity (Wildman–Crippen MR) is 94.1 cm³/mol. The number of piperidine rings is 1. The van der Waals surface area contributed by atoms with Crippen molar-refractivity contribution < 1.29 is 14.1 Å². The lowest BCUT2D eigenvalue weighted by atomic mass is 9.83. The number of nitrogens with zero attached hydrogens (tertiary/aromatic N) is 2. The molecule has 2 aromatic rings. The minimum atomic E-state index is -0.248. The maximum absolute atomic E-state index is 11.3. The van der Waals surface area contributed by atoms with Crippen LogP contribution in [0.25, 0.3) is 11.4 Å². The smallest absolute Gasteiger partial charge is 0.309 e. The quantitative estimate of drug-likeness (QED) is 0.813. The first-order chi connectivity index (χ1) is 12.2. The molecule has 1 aliphatic heterocycles. The van der Waals surface area contributed by atoms with Crippen LogP contribution in [-0.4, -0.2) is 36.3 Å². The molecule has 1 aromatic heterocycles. The summed E-state index contributed by atoms with van der Waals surface area (Å²) < 4.78 is 10.3. The summed E-state index contributed by atoms with van der Waals surface area (Å²) in [5.41, 5.74) is 1.80. The summed E-state index contributed by atoms with van der Waals surface area (Å²) in [6, 6.07) is 7.62. The van der Waals surface area contributed by atoms with E-state index in [1.54, 1.807) is 0 Å². The van der Waals surface area contributed by atoms with Gasteiger partial charge in [-0.25, -0.2) is 0 Å². The molecule has 1 aromatic carbocycles. The molecule has 25 heavy (non-hydrogen) atoms. The van der Waals surface area contributed by atoms with E-state index in [2.05, 4.69) is 27.1 Å². The Morgan fingerprint density at radius 2 is 2.04 bits per heavy atom. The molecule has 1 unspecified atom stereocenters. The summed E-state index contributed by atoms with van der Waals surface area (Å²) in [5.74, 6) is 2.02. The van der Waals surface area contributed by atoms with Crippen LogP contribution in [0, 0.1) is 5.92 Å².